The molecule has 0 aromatic rings. The van der Waals surface area contributed by atoms with E-state index in [0.29, 0.717) is 6.54 Å². The van der Waals surface area contributed by atoms with Gasteiger partial charge in [-0.15, -0.1) is 0 Å². The maximum Gasteiger partial charge on any atom is 0.213 e. The molecule has 0 spiro atoms. The first-order valence-corrected chi connectivity index (χ1v) is 4.97. The molecule has 12 heavy (non-hydrogen) atoms. The summed E-state index contributed by atoms with van der Waals surface area (Å²) in [6, 6.07) is 0. The third kappa shape index (κ3) is 9.63. The minimum atomic E-state index is 0.384. The van der Waals surface area contributed by atoms with E-state index in [1.54, 1.807) is 0 Å². The summed E-state index contributed by atoms with van der Waals surface area (Å²) in [6.07, 6.45) is 9.64. The Morgan fingerprint density at radius 1 is 1.08 bits per heavy atom. The van der Waals surface area contributed by atoms with Crippen molar-refractivity contribution in [2.45, 2.75) is 45.4 Å². The molecule has 0 atom stereocenters. The van der Waals surface area contributed by atoms with Gasteiger partial charge in [-0.3, -0.25) is 4.79 Å². The number of hydrogen-bond donors (Lipinski definition) is 1. The molecule has 0 bridgehead atoms. The van der Waals surface area contributed by atoms with Gasteiger partial charge in [-0.1, -0.05) is 39.0 Å². The maximum absolute atomic E-state index is 9.79. The highest BCUT2D eigenvalue weighted by Gasteiger charge is 1.89. The van der Waals surface area contributed by atoms with Gasteiger partial charge in [-0.25, -0.2) is 0 Å². The van der Waals surface area contributed by atoms with Crippen LogP contribution in [-0.2, 0) is 4.79 Å². The maximum atomic E-state index is 9.79. The first-order valence-electron chi connectivity index (χ1n) is 4.97. The molecule has 0 aromatic heterocycles. The average molecular weight is 170 g/mol. The Morgan fingerprint density at radius 2 is 1.75 bits per heavy atom. The van der Waals surface area contributed by atoms with E-state index >= 15 is 0 Å². The Labute approximate surface area is 75.7 Å². The Bertz CT molecular complexity index is 93.8. The summed E-state index contributed by atoms with van der Waals surface area (Å²) in [7, 11) is 0. The molecule has 0 fully saturated rings. The summed E-state index contributed by atoms with van der Waals surface area (Å²) in [4.78, 5) is 9.79. The number of hydrogen-bond acceptors (Lipinski definition) is 2. The minimum Gasteiger partial charge on any atom is -0.310 e. The van der Waals surface area contributed by atoms with Crippen molar-refractivity contribution in [3.63, 3.8) is 0 Å². The SMILES string of the molecule is CCCCCCCCNC[C]=O. The van der Waals surface area contributed by atoms with Crippen molar-refractivity contribution in [1.82, 2.24) is 5.32 Å². The summed E-state index contributed by atoms with van der Waals surface area (Å²) >= 11 is 0. The molecule has 1 radical (unpaired) electrons. The highest BCUT2D eigenvalue weighted by Crippen LogP contribution is 2.03. The second-order valence-electron chi connectivity index (χ2n) is 3.09. The lowest BCUT2D eigenvalue weighted by molar-refractivity contribution is 0.542. The van der Waals surface area contributed by atoms with Gasteiger partial charge in [0.1, 0.15) is 0 Å². The molecular formula is C10H20NO. The normalized spacial score (nSPS) is 10.1. The van der Waals surface area contributed by atoms with Crippen molar-refractivity contribution in [3.8, 4) is 0 Å². The second-order valence-corrected chi connectivity index (χ2v) is 3.09. The summed E-state index contributed by atoms with van der Waals surface area (Å²) in [5.41, 5.74) is 0. The van der Waals surface area contributed by atoms with Crippen LogP contribution in [0, 0.1) is 0 Å². The fraction of sp³-hybridized carbons (Fsp3) is 0.900. The Balaban J connectivity index is 2.77. The Hall–Kier alpha value is -0.370. The van der Waals surface area contributed by atoms with Crippen LogP contribution in [0.5, 0.6) is 0 Å². The van der Waals surface area contributed by atoms with Crippen LogP contribution in [0.3, 0.4) is 0 Å². The van der Waals surface area contributed by atoms with Crippen molar-refractivity contribution in [2.75, 3.05) is 13.1 Å². The minimum absolute atomic E-state index is 0.384. The van der Waals surface area contributed by atoms with E-state index in [4.69, 9.17) is 0 Å². The average Bonchev–Trinajstić information content (AvgIpc) is 2.10. The molecule has 0 amide bonds. The summed E-state index contributed by atoms with van der Waals surface area (Å²) in [5, 5.41) is 3.00. The largest absolute Gasteiger partial charge is 0.310 e. The van der Waals surface area contributed by atoms with Gasteiger partial charge >= 0.3 is 0 Å². The molecule has 0 saturated carbocycles. The standard InChI is InChI=1S/C10H20NO/c1-2-3-4-5-6-7-8-11-9-10-12/h11H,2-9H2,1H3. The fourth-order valence-corrected chi connectivity index (χ4v) is 1.17. The quantitative estimate of drug-likeness (QED) is 0.536. The van der Waals surface area contributed by atoms with Crippen molar-refractivity contribution < 1.29 is 4.79 Å². The third-order valence-corrected chi connectivity index (χ3v) is 1.90. The molecule has 2 nitrogen and oxygen atoms in total. The molecule has 0 saturated heterocycles. The monoisotopic (exact) mass is 170 g/mol. The number of rotatable bonds is 9. The van der Waals surface area contributed by atoms with E-state index in [1.807, 2.05) is 6.29 Å². The van der Waals surface area contributed by atoms with E-state index < -0.39 is 0 Å². The molecule has 1 N–H and O–H groups in total. The molecule has 0 aliphatic rings. The smallest absolute Gasteiger partial charge is 0.213 e. The molecular weight excluding hydrogens is 150 g/mol. The van der Waals surface area contributed by atoms with Gasteiger partial charge in [0.15, 0.2) is 0 Å². The zero-order valence-electron chi connectivity index (χ0n) is 8.07. The molecule has 0 aliphatic carbocycles. The lowest BCUT2D eigenvalue weighted by atomic mass is 10.1. The van der Waals surface area contributed by atoms with Gasteiger partial charge in [-0.2, -0.15) is 0 Å². The zero-order chi connectivity index (χ0) is 9.07. The topological polar surface area (TPSA) is 29.1 Å². The Morgan fingerprint density at radius 3 is 2.42 bits per heavy atom. The predicted octanol–water partition coefficient (Wildman–Crippen LogP) is 2.05. The molecule has 0 unspecified atom stereocenters. The first-order chi connectivity index (χ1) is 5.91. The second kappa shape index (κ2) is 10.6. The van der Waals surface area contributed by atoms with E-state index in [9.17, 15) is 4.79 Å². The third-order valence-electron chi connectivity index (χ3n) is 1.90. The summed E-state index contributed by atoms with van der Waals surface area (Å²) in [6.45, 7) is 3.57. The summed E-state index contributed by atoms with van der Waals surface area (Å²) in [5.74, 6) is 0. The van der Waals surface area contributed by atoms with E-state index in [1.165, 1.54) is 38.5 Å². The van der Waals surface area contributed by atoms with Crippen LogP contribution in [0.15, 0.2) is 0 Å². The van der Waals surface area contributed by atoms with Crippen molar-refractivity contribution in [1.29, 1.82) is 0 Å². The van der Waals surface area contributed by atoms with Gasteiger partial charge in [-0.05, 0) is 13.0 Å². The van der Waals surface area contributed by atoms with Crippen LogP contribution in [0.4, 0.5) is 0 Å². The highest BCUT2D eigenvalue weighted by molar-refractivity contribution is 5.52. The van der Waals surface area contributed by atoms with Crippen LogP contribution < -0.4 is 5.32 Å². The van der Waals surface area contributed by atoms with Crippen molar-refractivity contribution >= 4 is 6.29 Å². The lowest BCUT2D eigenvalue weighted by Crippen LogP contribution is -2.17. The van der Waals surface area contributed by atoms with Crippen LogP contribution in [0.1, 0.15) is 45.4 Å². The predicted molar refractivity (Wildman–Crippen MR) is 51.9 cm³/mol. The van der Waals surface area contributed by atoms with Gasteiger partial charge in [0.2, 0.25) is 6.29 Å². The van der Waals surface area contributed by atoms with Gasteiger partial charge < -0.3 is 5.32 Å². The van der Waals surface area contributed by atoms with Gasteiger partial charge in [0.05, 0.1) is 6.54 Å². The molecule has 0 aliphatic heterocycles. The molecule has 71 valence electrons. The molecule has 0 rings (SSSR count). The number of unbranched alkanes of at least 4 members (excludes halogenated alkanes) is 5. The zero-order valence-corrected chi connectivity index (χ0v) is 8.07. The molecule has 2 heteroatoms. The van der Waals surface area contributed by atoms with Gasteiger partial charge in [0, 0.05) is 0 Å². The lowest BCUT2D eigenvalue weighted by Gasteiger charge is -2.00. The highest BCUT2D eigenvalue weighted by atomic mass is 16.1. The van der Waals surface area contributed by atoms with E-state index in [-0.39, 0.29) is 0 Å². The van der Waals surface area contributed by atoms with Crippen LogP contribution in [-0.4, -0.2) is 19.4 Å². The van der Waals surface area contributed by atoms with E-state index in [0.717, 1.165) is 6.54 Å². The Kier molecular flexibility index (Phi) is 10.3. The van der Waals surface area contributed by atoms with Crippen LogP contribution in [0.2, 0.25) is 0 Å². The fourth-order valence-electron chi connectivity index (χ4n) is 1.17. The van der Waals surface area contributed by atoms with Crippen LogP contribution >= 0.6 is 0 Å². The number of nitrogens with one attached hydrogen (secondary N) is 1. The summed E-state index contributed by atoms with van der Waals surface area (Å²) < 4.78 is 0. The first kappa shape index (κ1) is 11.6. The van der Waals surface area contributed by atoms with E-state index in [2.05, 4.69) is 12.2 Å². The van der Waals surface area contributed by atoms with Crippen molar-refractivity contribution in [3.05, 3.63) is 0 Å². The number of carbonyl (C=O) groups excluding carboxylic acids is 1. The van der Waals surface area contributed by atoms with Crippen LogP contribution in [0.25, 0.3) is 0 Å². The molecule has 0 heterocycles. The van der Waals surface area contributed by atoms with Crippen molar-refractivity contribution in [2.24, 2.45) is 0 Å². The molecule has 0 aromatic carbocycles. The van der Waals surface area contributed by atoms with Gasteiger partial charge in [0.25, 0.3) is 0 Å².